The summed E-state index contributed by atoms with van der Waals surface area (Å²) < 4.78 is 1.91. The molecule has 0 radical (unpaired) electrons. The third kappa shape index (κ3) is 5.66. The fourth-order valence-electron chi connectivity index (χ4n) is 4.15. The van der Waals surface area contributed by atoms with Crippen LogP contribution in [0.2, 0.25) is 0 Å². The molecule has 0 saturated heterocycles. The fraction of sp³-hybridized carbons (Fsp3) is 0.207. The second-order valence-electron chi connectivity index (χ2n) is 8.65. The standard InChI is InChI=1S/C29H30N4O2/c1-21-26(22(2)33(31-21)25-17-11-6-12-18-25)20-32(3)28(34)19-27(23-13-7-4-8-14-23)30-29(35)24-15-9-5-10-16-24/h4-18,27H,19-20H2,1-3H3,(H,30,35). The van der Waals surface area contributed by atoms with Crippen LogP contribution in [0, 0.1) is 13.8 Å². The molecule has 35 heavy (non-hydrogen) atoms. The highest BCUT2D eigenvalue weighted by Gasteiger charge is 2.23. The molecule has 0 saturated carbocycles. The molecular formula is C29H30N4O2. The van der Waals surface area contributed by atoms with E-state index in [-0.39, 0.29) is 18.2 Å². The molecule has 1 aromatic heterocycles. The number of carbonyl (C=O) groups is 2. The van der Waals surface area contributed by atoms with Crippen LogP contribution in [-0.2, 0) is 11.3 Å². The predicted octanol–water partition coefficient (Wildman–Crippen LogP) is 5.01. The van der Waals surface area contributed by atoms with Crippen molar-refractivity contribution in [3.63, 3.8) is 0 Å². The second kappa shape index (κ2) is 10.8. The van der Waals surface area contributed by atoms with Crippen LogP contribution in [0.1, 0.15) is 45.3 Å². The average molecular weight is 467 g/mol. The third-order valence-electron chi connectivity index (χ3n) is 6.18. The topological polar surface area (TPSA) is 67.2 Å². The lowest BCUT2D eigenvalue weighted by molar-refractivity contribution is -0.130. The number of nitrogens with zero attached hydrogens (tertiary/aromatic N) is 3. The lowest BCUT2D eigenvalue weighted by atomic mass is 10.0. The maximum absolute atomic E-state index is 13.3. The van der Waals surface area contributed by atoms with E-state index in [4.69, 9.17) is 5.10 Å². The van der Waals surface area contributed by atoms with Crippen LogP contribution < -0.4 is 5.32 Å². The van der Waals surface area contributed by atoms with Crippen LogP contribution in [0.5, 0.6) is 0 Å². The Labute approximate surface area is 206 Å². The molecule has 4 rings (SSSR count). The van der Waals surface area contributed by atoms with E-state index >= 15 is 0 Å². The third-order valence-corrected chi connectivity index (χ3v) is 6.18. The average Bonchev–Trinajstić information content (AvgIpc) is 3.18. The Bertz CT molecular complexity index is 1280. The van der Waals surface area contributed by atoms with E-state index < -0.39 is 6.04 Å². The molecular weight excluding hydrogens is 436 g/mol. The zero-order chi connectivity index (χ0) is 24.8. The van der Waals surface area contributed by atoms with Gasteiger partial charge in [0.1, 0.15) is 0 Å². The van der Waals surface area contributed by atoms with Gasteiger partial charge in [0.05, 0.1) is 23.8 Å². The van der Waals surface area contributed by atoms with Crippen molar-refractivity contribution >= 4 is 11.8 Å². The number of aryl methyl sites for hydroxylation is 1. The number of benzene rings is 3. The molecule has 3 aromatic carbocycles. The summed E-state index contributed by atoms with van der Waals surface area (Å²) in [5.74, 6) is -0.260. The lowest BCUT2D eigenvalue weighted by Crippen LogP contribution is -2.34. The molecule has 1 unspecified atom stereocenters. The molecule has 0 fully saturated rings. The zero-order valence-electron chi connectivity index (χ0n) is 20.3. The van der Waals surface area contributed by atoms with Crippen LogP contribution in [-0.4, -0.2) is 33.5 Å². The molecule has 6 nitrogen and oxygen atoms in total. The van der Waals surface area contributed by atoms with Crippen molar-refractivity contribution in [1.82, 2.24) is 20.0 Å². The highest BCUT2D eigenvalue weighted by molar-refractivity contribution is 5.94. The minimum atomic E-state index is -0.437. The van der Waals surface area contributed by atoms with Crippen LogP contribution in [0.15, 0.2) is 91.0 Å². The molecule has 0 aliphatic rings. The normalized spacial score (nSPS) is 11.6. The number of para-hydroxylation sites is 1. The second-order valence-corrected chi connectivity index (χ2v) is 8.65. The van der Waals surface area contributed by atoms with Gasteiger partial charge in [-0.1, -0.05) is 66.7 Å². The molecule has 1 N–H and O–H groups in total. The Kier molecular flexibility index (Phi) is 7.41. The van der Waals surface area contributed by atoms with E-state index in [0.29, 0.717) is 12.1 Å². The summed E-state index contributed by atoms with van der Waals surface area (Å²) in [6, 6.07) is 28.2. The monoisotopic (exact) mass is 466 g/mol. The van der Waals surface area contributed by atoms with Gasteiger partial charge in [0.15, 0.2) is 0 Å². The summed E-state index contributed by atoms with van der Waals surface area (Å²) in [6.07, 6.45) is 0.157. The van der Waals surface area contributed by atoms with Crippen LogP contribution in [0.25, 0.3) is 5.69 Å². The number of carbonyl (C=O) groups excluding carboxylic acids is 2. The molecule has 1 heterocycles. The Hall–Kier alpha value is -4.19. The Morgan fingerprint density at radius 2 is 1.46 bits per heavy atom. The predicted molar refractivity (Wildman–Crippen MR) is 137 cm³/mol. The molecule has 0 spiro atoms. The van der Waals surface area contributed by atoms with Crippen molar-refractivity contribution in [1.29, 1.82) is 0 Å². The van der Waals surface area contributed by atoms with Gasteiger partial charge in [-0.15, -0.1) is 0 Å². The van der Waals surface area contributed by atoms with Crippen molar-refractivity contribution in [3.05, 3.63) is 119 Å². The van der Waals surface area contributed by atoms with Gasteiger partial charge in [-0.3, -0.25) is 9.59 Å². The van der Waals surface area contributed by atoms with Crippen LogP contribution in [0.4, 0.5) is 0 Å². The van der Waals surface area contributed by atoms with Gasteiger partial charge < -0.3 is 10.2 Å². The summed E-state index contributed by atoms with van der Waals surface area (Å²) in [4.78, 5) is 27.9. The summed E-state index contributed by atoms with van der Waals surface area (Å²) in [7, 11) is 1.79. The number of rotatable bonds is 8. The smallest absolute Gasteiger partial charge is 0.251 e. The minimum absolute atomic E-state index is 0.0570. The van der Waals surface area contributed by atoms with Crippen molar-refractivity contribution < 1.29 is 9.59 Å². The van der Waals surface area contributed by atoms with Gasteiger partial charge >= 0.3 is 0 Å². The molecule has 0 aliphatic heterocycles. The number of amides is 2. The van der Waals surface area contributed by atoms with Gasteiger partial charge in [-0.25, -0.2) is 4.68 Å². The number of hydrogen-bond acceptors (Lipinski definition) is 3. The van der Waals surface area contributed by atoms with E-state index in [2.05, 4.69) is 5.32 Å². The van der Waals surface area contributed by atoms with Crippen molar-refractivity contribution in [2.75, 3.05) is 7.05 Å². The zero-order valence-corrected chi connectivity index (χ0v) is 20.3. The fourth-order valence-corrected chi connectivity index (χ4v) is 4.15. The molecule has 0 bridgehead atoms. The molecule has 0 aliphatic carbocycles. The highest BCUT2D eigenvalue weighted by atomic mass is 16.2. The summed E-state index contributed by atoms with van der Waals surface area (Å²) in [5.41, 5.74) is 5.36. The molecule has 178 valence electrons. The van der Waals surface area contributed by atoms with Gasteiger partial charge in [-0.05, 0) is 43.7 Å². The Balaban J connectivity index is 1.50. The van der Waals surface area contributed by atoms with Gasteiger partial charge in [0, 0.05) is 30.4 Å². The largest absolute Gasteiger partial charge is 0.345 e. The van der Waals surface area contributed by atoms with Crippen LogP contribution in [0.3, 0.4) is 0 Å². The van der Waals surface area contributed by atoms with Crippen molar-refractivity contribution in [2.24, 2.45) is 0 Å². The van der Waals surface area contributed by atoms with Crippen molar-refractivity contribution in [2.45, 2.75) is 32.9 Å². The number of hydrogen-bond donors (Lipinski definition) is 1. The maximum atomic E-state index is 13.3. The summed E-state index contributed by atoms with van der Waals surface area (Å²) in [6.45, 7) is 4.43. The summed E-state index contributed by atoms with van der Waals surface area (Å²) in [5, 5.41) is 7.74. The van der Waals surface area contributed by atoms with E-state index in [9.17, 15) is 9.59 Å². The SMILES string of the molecule is Cc1nn(-c2ccccc2)c(C)c1CN(C)C(=O)CC(NC(=O)c1ccccc1)c1ccccc1. The van der Waals surface area contributed by atoms with Gasteiger partial charge in [0.25, 0.3) is 5.91 Å². The Morgan fingerprint density at radius 1 is 0.886 bits per heavy atom. The van der Waals surface area contributed by atoms with Crippen LogP contribution >= 0.6 is 0 Å². The van der Waals surface area contributed by atoms with Gasteiger partial charge in [-0.2, -0.15) is 5.10 Å². The number of nitrogens with one attached hydrogen (secondary N) is 1. The number of aromatic nitrogens is 2. The first-order valence-electron chi connectivity index (χ1n) is 11.7. The molecule has 6 heteroatoms. The van der Waals surface area contributed by atoms with E-state index in [0.717, 1.165) is 28.2 Å². The van der Waals surface area contributed by atoms with E-state index in [1.54, 1.807) is 24.1 Å². The van der Waals surface area contributed by atoms with Crippen molar-refractivity contribution in [3.8, 4) is 5.69 Å². The lowest BCUT2D eigenvalue weighted by Gasteiger charge is -2.23. The maximum Gasteiger partial charge on any atom is 0.251 e. The Morgan fingerprint density at radius 3 is 2.09 bits per heavy atom. The molecule has 1 atom stereocenters. The first-order valence-corrected chi connectivity index (χ1v) is 11.7. The van der Waals surface area contributed by atoms with E-state index in [1.165, 1.54) is 0 Å². The minimum Gasteiger partial charge on any atom is -0.345 e. The highest BCUT2D eigenvalue weighted by Crippen LogP contribution is 2.22. The first kappa shape index (κ1) is 24.0. The molecule has 2 amide bonds. The summed E-state index contributed by atoms with van der Waals surface area (Å²) >= 11 is 0. The van der Waals surface area contributed by atoms with E-state index in [1.807, 2.05) is 97.4 Å². The van der Waals surface area contributed by atoms with Gasteiger partial charge in [0.2, 0.25) is 5.91 Å². The first-order chi connectivity index (χ1) is 16.9. The molecule has 4 aromatic rings. The quantitative estimate of drug-likeness (QED) is 0.397.